The molecule has 0 atom stereocenters. The molecule has 7 nitrogen and oxygen atoms in total. The van der Waals surface area contributed by atoms with E-state index in [9.17, 15) is 4.79 Å². The molecule has 0 spiro atoms. The zero-order valence-corrected chi connectivity index (χ0v) is 11.7. The first-order valence-electron chi connectivity index (χ1n) is 5.90. The van der Waals surface area contributed by atoms with Gasteiger partial charge in [-0.15, -0.1) is 0 Å². The number of amides is 1. The fourth-order valence-corrected chi connectivity index (χ4v) is 1.33. The fraction of sp³-hybridized carbons (Fsp3) is 0.308. The summed E-state index contributed by atoms with van der Waals surface area (Å²) in [6.07, 6.45) is 1.35. The number of rotatable bonds is 3. The van der Waals surface area contributed by atoms with E-state index >= 15 is 0 Å². The van der Waals surface area contributed by atoms with E-state index in [1.165, 1.54) is 4.90 Å². The van der Waals surface area contributed by atoms with Crippen LogP contribution < -0.4 is 15.4 Å². The van der Waals surface area contributed by atoms with Gasteiger partial charge >= 0.3 is 6.09 Å². The average Bonchev–Trinajstić information content (AvgIpc) is 2.43. The maximum Gasteiger partial charge on any atom is 0.414 e. The smallest absolute Gasteiger partial charge is 0.410 e. The van der Waals surface area contributed by atoms with E-state index in [0.29, 0.717) is 18.3 Å². The van der Waals surface area contributed by atoms with Crippen LogP contribution in [0.15, 0.2) is 29.3 Å². The lowest BCUT2D eigenvalue weighted by Gasteiger charge is -2.12. The Morgan fingerprint density at radius 1 is 1.50 bits per heavy atom. The highest BCUT2D eigenvalue weighted by atomic mass is 16.6. The van der Waals surface area contributed by atoms with Gasteiger partial charge in [0.1, 0.15) is 5.75 Å². The van der Waals surface area contributed by atoms with E-state index in [1.54, 1.807) is 45.5 Å². The van der Waals surface area contributed by atoms with Gasteiger partial charge in [-0.2, -0.15) is 5.26 Å². The number of nitrogens with zero attached hydrogens (tertiary/aromatic N) is 3. The monoisotopic (exact) mass is 275 g/mol. The molecule has 20 heavy (non-hydrogen) atoms. The molecule has 1 amide bonds. The van der Waals surface area contributed by atoms with Crippen molar-refractivity contribution >= 4 is 12.1 Å². The van der Waals surface area contributed by atoms with Gasteiger partial charge in [0.2, 0.25) is 5.96 Å². The van der Waals surface area contributed by atoms with E-state index in [4.69, 9.17) is 10.00 Å². The number of hydrogen-bond donors (Lipinski definition) is 2. The Balaban J connectivity index is 2.65. The maximum atomic E-state index is 11.4. The van der Waals surface area contributed by atoms with Gasteiger partial charge in [0.25, 0.3) is 0 Å². The number of nitriles is 1. The molecule has 106 valence electrons. The van der Waals surface area contributed by atoms with Crippen molar-refractivity contribution in [1.29, 1.82) is 5.26 Å². The number of aliphatic imine (C=N–C) groups is 1. The van der Waals surface area contributed by atoms with Crippen LogP contribution in [0.5, 0.6) is 5.75 Å². The molecule has 1 aromatic rings. The highest BCUT2D eigenvalue weighted by molar-refractivity contribution is 5.80. The first-order chi connectivity index (χ1) is 9.56. The molecule has 0 heterocycles. The summed E-state index contributed by atoms with van der Waals surface area (Å²) in [6, 6.07) is 7.11. The summed E-state index contributed by atoms with van der Waals surface area (Å²) in [4.78, 5) is 16.7. The van der Waals surface area contributed by atoms with Crippen molar-refractivity contribution in [3.8, 4) is 11.9 Å². The molecule has 0 saturated heterocycles. The van der Waals surface area contributed by atoms with Gasteiger partial charge < -0.3 is 15.0 Å². The van der Waals surface area contributed by atoms with Crippen LogP contribution in [-0.4, -0.2) is 38.1 Å². The van der Waals surface area contributed by atoms with Gasteiger partial charge in [0.15, 0.2) is 6.19 Å². The largest absolute Gasteiger partial charge is 0.414 e. The number of guanidine groups is 1. The van der Waals surface area contributed by atoms with Gasteiger partial charge in [0, 0.05) is 27.7 Å². The molecule has 0 aliphatic heterocycles. The molecule has 1 aromatic carbocycles. The van der Waals surface area contributed by atoms with Crippen LogP contribution in [0.4, 0.5) is 4.79 Å². The van der Waals surface area contributed by atoms with Gasteiger partial charge in [-0.25, -0.2) is 4.79 Å². The van der Waals surface area contributed by atoms with E-state index in [0.717, 1.165) is 5.56 Å². The van der Waals surface area contributed by atoms with Gasteiger partial charge in [-0.3, -0.25) is 10.3 Å². The Bertz CT molecular complexity index is 534. The number of hydrogen-bond acceptors (Lipinski definition) is 4. The second-order valence-electron chi connectivity index (χ2n) is 4.07. The van der Waals surface area contributed by atoms with Crippen LogP contribution in [0.1, 0.15) is 5.56 Å². The van der Waals surface area contributed by atoms with Crippen molar-refractivity contribution in [1.82, 2.24) is 15.5 Å². The van der Waals surface area contributed by atoms with E-state index < -0.39 is 6.09 Å². The Kier molecular flexibility index (Phi) is 5.84. The number of ether oxygens (including phenoxy) is 1. The Morgan fingerprint density at radius 3 is 2.85 bits per heavy atom. The summed E-state index contributed by atoms with van der Waals surface area (Å²) in [5, 5.41) is 13.9. The second-order valence-corrected chi connectivity index (χ2v) is 4.07. The van der Waals surface area contributed by atoms with Crippen LogP contribution in [0.2, 0.25) is 0 Å². The van der Waals surface area contributed by atoms with Crippen molar-refractivity contribution in [2.45, 2.75) is 6.54 Å². The molecule has 0 aromatic heterocycles. The minimum Gasteiger partial charge on any atom is -0.410 e. The molecule has 1 rings (SSSR count). The zero-order chi connectivity index (χ0) is 15.0. The molecule has 7 heteroatoms. The summed E-state index contributed by atoms with van der Waals surface area (Å²) >= 11 is 0. The Hall–Kier alpha value is -2.75. The first kappa shape index (κ1) is 15.3. The molecular formula is C13H17N5O2. The number of nitrogens with one attached hydrogen (secondary N) is 2. The highest BCUT2D eigenvalue weighted by Gasteiger charge is 2.07. The third-order valence-electron chi connectivity index (χ3n) is 2.33. The molecule has 0 bridgehead atoms. The van der Waals surface area contributed by atoms with Gasteiger partial charge in [-0.1, -0.05) is 12.1 Å². The summed E-state index contributed by atoms with van der Waals surface area (Å²) in [7, 11) is 4.80. The van der Waals surface area contributed by atoms with Crippen molar-refractivity contribution in [2.75, 3.05) is 21.1 Å². The molecule has 0 radical (unpaired) electrons. The van der Waals surface area contributed by atoms with Crippen molar-refractivity contribution in [3.63, 3.8) is 0 Å². The van der Waals surface area contributed by atoms with Crippen molar-refractivity contribution in [2.24, 2.45) is 4.99 Å². The second kappa shape index (κ2) is 7.63. The molecule has 0 fully saturated rings. The zero-order valence-electron chi connectivity index (χ0n) is 11.7. The van der Waals surface area contributed by atoms with Gasteiger partial charge in [0.05, 0.1) is 0 Å². The minimum absolute atomic E-state index is 0.378. The molecule has 0 saturated carbocycles. The average molecular weight is 275 g/mol. The van der Waals surface area contributed by atoms with Crippen molar-refractivity contribution < 1.29 is 9.53 Å². The van der Waals surface area contributed by atoms with Crippen molar-refractivity contribution in [3.05, 3.63) is 29.8 Å². The summed E-state index contributed by atoms with van der Waals surface area (Å²) in [5.74, 6) is 0.842. The highest BCUT2D eigenvalue weighted by Crippen LogP contribution is 2.14. The van der Waals surface area contributed by atoms with E-state index in [1.807, 2.05) is 6.07 Å². The molecule has 0 unspecified atom stereocenters. The maximum absolute atomic E-state index is 11.4. The third-order valence-corrected chi connectivity index (χ3v) is 2.33. The van der Waals surface area contributed by atoms with Crippen LogP contribution in [0.3, 0.4) is 0 Å². The summed E-state index contributed by atoms with van der Waals surface area (Å²) in [5.41, 5.74) is 0.898. The number of carbonyl (C=O) groups is 1. The molecule has 0 aliphatic rings. The Morgan fingerprint density at radius 2 is 2.25 bits per heavy atom. The summed E-state index contributed by atoms with van der Waals surface area (Å²) in [6.45, 7) is 0.453. The lowest BCUT2D eigenvalue weighted by molar-refractivity contribution is 0.172. The van der Waals surface area contributed by atoms with Crippen LogP contribution in [0, 0.1) is 11.5 Å². The third kappa shape index (κ3) is 4.86. The van der Waals surface area contributed by atoms with E-state index in [2.05, 4.69) is 15.6 Å². The lowest BCUT2D eigenvalue weighted by Crippen LogP contribution is -2.33. The first-order valence-corrected chi connectivity index (χ1v) is 5.90. The Labute approximate surface area is 117 Å². The summed E-state index contributed by atoms with van der Waals surface area (Å²) < 4.78 is 5.16. The predicted molar refractivity (Wildman–Crippen MR) is 75.1 cm³/mol. The lowest BCUT2D eigenvalue weighted by atomic mass is 10.2. The topological polar surface area (TPSA) is 89.7 Å². The fourth-order valence-electron chi connectivity index (χ4n) is 1.33. The van der Waals surface area contributed by atoms with Crippen LogP contribution >= 0.6 is 0 Å². The molecular weight excluding hydrogens is 258 g/mol. The predicted octanol–water partition coefficient (Wildman–Crippen LogP) is 0.893. The van der Waals surface area contributed by atoms with Gasteiger partial charge in [-0.05, 0) is 17.7 Å². The minimum atomic E-state index is -0.433. The quantitative estimate of drug-likeness (QED) is 0.370. The normalized spacial score (nSPS) is 10.4. The van der Waals surface area contributed by atoms with Crippen LogP contribution in [-0.2, 0) is 6.54 Å². The number of carbonyl (C=O) groups excluding carboxylic acids is 1. The van der Waals surface area contributed by atoms with Crippen LogP contribution in [0.25, 0.3) is 0 Å². The van der Waals surface area contributed by atoms with E-state index in [-0.39, 0.29) is 0 Å². The number of benzene rings is 1. The SMILES string of the molecule is CN=C(NC#N)NCc1cccc(OC(=O)N(C)C)c1. The molecule has 0 aliphatic carbocycles. The standard InChI is InChI=1S/C13H17N5O2/c1-15-12(17-9-14)16-8-10-5-4-6-11(7-10)20-13(19)18(2)3/h4-7H,8H2,1-3H3,(H2,15,16,17). The molecule has 2 N–H and O–H groups in total.